The fraction of sp³-hybridized carbons (Fsp3) is 0.250. The third kappa shape index (κ3) is 2.94. The molecule has 2 aromatic carbocycles. The van der Waals surface area contributed by atoms with Crippen molar-refractivity contribution in [2.45, 2.75) is 19.9 Å². The van der Waals surface area contributed by atoms with Gasteiger partial charge >= 0.3 is 0 Å². The maximum Gasteiger partial charge on any atom is 0.0604 e. The molecule has 0 fully saturated rings. The topological polar surface area (TPSA) is 12.0 Å². The molecule has 19 heavy (non-hydrogen) atoms. The standard InChI is InChI=1S/C16H17Cl2N/c1-10-7-8-12(9-11(10)2)16(19-3)15-13(17)5-4-6-14(15)18/h4-9,16,19H,1-3H3. The average molecular weight is 294 g/mol. The quantitative estimate of drug-likeness (QED) is 0.847. The van der Waals surface area contributed by atoms with E-state index in [0.717, 1.165) is 5.56 Å². The average Bonchev–Trinajstić information content (AvgIpc) is 2.37. The number of hydrogen-bond donors (Lipinski definition) is 1. The molecule has 2 aromatic rings. The van der Waals surface area contributed by atoms with E-state index in [1.165, 1.54) is 16.7 Å². The van der Waals surface area contributed by atoms with Gasteiger partial charge in [-0.2, -0.15) is 0 Å². The Balaban J connectivity index is 2.53. The van der Waals surface area contributed by atoms with Crippen molar-refractivity contribution in [3.8, 4) is 0 Å². The molecule has 0 aromatic heterocycles. The van der Waals surface area contributed by atoms with Gasteiger partial charge in [-0.3, -0.25) is 0 Å². The van der Waals surface area contributed by atoms with Gasteiger partial charge in [0.2, 0.25) is 0 Å². The zero-order valence-corrected chi connectivity index (χ0v) is 12.8. The zero-order chi connectivity index (χ0) is 14.0. The minimum Gasteiger partial charge on any atom is -0.309 e. The van der Waals surface area contributed by atoms with E-state index in [1.807, 2.05) is 25.2 Å². The van der Waals surface area contributed by atoms with E-state index in [1.54, 1.807) is 0 Å². The Hall–Kier alpha value is -1.02. The molecule has 1 N–H and O–H groups in total. The van der Waals surface area contributed by atoms with Crippen LogP contribution in [-0.2, 0) is 0 Å². The molecule has 0 radical (unpaired) electrons. The second-order valence-corrected chi connectivity index (χ2v) is 5.52. The van der Waals surface area contributed by atoms with E-state index in [0.29, 0.717) is 10.0 Å². The molecule has 100 valence electrons. The third-order valence-electron chi connectivity index (χ3n) is 3.44. The number of benzene rings is 2. The van der Waals surface area contributed by atoms with Gasteiger partial charge in [-0.05, 0) is 49.7 Å². The van der Waals surface area contributed by atoms with Crippen LogP contribution in [0, 0.1) is 13.8 Å². The lowest BCUT2D eigenvalue weighted by Gasteiger charge is -2.20. The van der Waals surface area contributed by atoms with Crippen LogP contribution in [-0.4, -0.2) is 7.05 Å². The first-order valence-electron chi connectivity index (χ1n) is 6.23. The summed E-state index contributed by atoms with van der Waals surface area (Å²) in [6.45, 7) is 4.22. The van der Waals surface area contributed by atoms with Crippen LogP contribution in [0.4, 0.5) is 0 Å². The van der Waals surface area contributed by atoms with E-state index >= 15 is 0 Å². The summed E-state index contributed by atoms with van der Waals surface area (Å²) in [5.41, 5.74) is 4.64. The predicted molar refractivity (Wildman–Crippen MR) is 83.3 cm³/mol. The highest BCUT2D eigenvalue weighted by atomic mass is 35.5. The largest absolute Gasteiger partial charge is 0.309 e. The van der Waals surface area contributed by atoms with E-state index in [2.05, 4.69) is 37.4 Å². The molecule has 2 rings (SSSR count). The molecule has 0 aliphatic carbocycles. The fourth-order valence-electron chi connectivity index (χ4n) is 2.21. The Labute approximate surface area is 124 Å². The summed E-state index contributed by atoms with van der Waals surface area (Å²) < 4.78 is 0. The van der Waals surface area contributed by atoms with Gasteiger partial charge < -0.3 is 5.32 Å². The van der Waals surface area contributed by atoms with Crippen LogP contribution < -0.4 is 5.32 Å². The van der Waals surface area contributed by atoms with Crippen LogP contribution >= 0.6 is 23.2 Å². The number of nitrogens with one attached hydrogen (secondary N) is 1. The highest BCUT2D eigenvalue weighted by Gasteiger charge is 2.18. The molecule has 0 heterocycles. The molecule has 0 amide bonds. The van der Waals surface area contributed by atoms with Crippen molar-refractivity contribution in [2.75, 3.05) is 7.05 Å². The van der Waals surface area contributed by atoms with Crippen molar-refractivity contribution in [2.24, 2.45) is 0 Å². The fourth-order valence-corrected chi connectivity index (χ4v) is 2.82. The summed E-state index contributed by atoms with van der Waals surface area (Å²) in [4.78, 5) is 0. The van der Waals surface area contributed by atoms with Gasteiger partial charge in [0.1, 0.15) is 0 Å². The van der Waals surface area contributed by atoms with Crippen LogP contribution in [0.5, 0.6) is 0 Å². The summed E-state index contributed by atoms with van der Waals surface area (Å²) in [7, 11) is 1.92. The molecule has 0 saturated heterocycles. The van der Waals surface area contributed by atoms with Crippen LogP contribution in [0.1, 0.15) is 28.3 Å². The van der Waals surface area contributed by atoms with Gasteiger partial charge in [0.25, 0.3) is 0 Å². The Morgan fingerprint density at radius 2 is 1.58 bits per heavy atom. The summed E-state index contributed by atoms with van der Waals surface area (Å²) in [6.07, 6.45) is 0. The van der Waals surface area contributed by atoms with E-state index in [9.17, 15) is 0 Å². The van der Waals surface area contributed by atoms with E-state index < -0.39 is 0 Å². The minimum atomic E-state index is 0.000463. The lowest BCUT2D eigenvalue weighted by Crippen LogP contribution is -2.18. The van der Waals surface area contributed by atoms with Gasteiger partial charge in [0.15, 0.2) is 0 Å². The Morgan fingerprint density at radius 1 is 0.947 bits per heavy atom. The monoisotopic (exact) mass is 293 g/mol. The predicted octanol–water partition coefficient (Wildman–Crippen LogP) is 4.92. The van der Waals surface area contributed by atoms with Gasteiger partial charge in [-0.15, -0.1) is 0 Å². The first-order valence-corrected chi connectivity index (χ1v) is 6.98. The van der Waals surface area contributed by atoms with Crippen LogP contribution in [0.3, 0.4) is 0 Å². The number of aryl methyl sites for hydroxylation is 2. The molecule has 0 saturated carbocycles. The zero-order valence-electron chi connectivity index (χ0n) is 11.3. The Morgan fingerprint density at radius 3 is 2.11 bits per heavy atom. The minimum absolute atomic E-state index is 0.000463. The molecular formula is C16H17Cl2N. The molecular weight excluding hydrogens is 277 g/mol. The lowest BCUT2D eigenvalue weighted by molar-refractivity contribution is 0.691. The molecule has 1 nitrogen and oxygen atoms in total. The van der Waals surface area contributed by atoms with Crippen molar-refractivity contribution < 1.29 is 0 Å². The summed E-state index contributed by atoms with van der Waals surface area (Å²) >= 11 is 12.6. The summed E-state index contributed by atoms with van der Waals surface area (Å²) in [5.74, 6) is 0. The molecule has 0 aliphatic rings. The maximum atomic E-state index is 6.30. The van der Waals surface area contributed by atoms with Gasteiger partial charge in [0, 0.05) is 15.6 Å². The summed E-state index contributed by atoms with van der Waals surface area (Å²) in [6, 6.07) is 12.0. The highest BCUT2D eigenvalue weighted by molar-refractivity contribution is 6.36. The van der Waals surface area contributed by atoms with Crippen molar-refractivity contribution in [1.29, 1.82) is 0 Å². The van der Waals surface area contributed by atoms with Crippen LogP contribution in [0.15, 0.2) is 36.4 Å². The smallest absolute Gasteiger partial charge is 0.0604 e. The second kappa shape index (κ2) is 5.96. The van der Waals surface area contributed by atoms with E-state index in [-0.39, 0.29) is 6.04 Å². The lowest BCUT2D eigenvalue weighted by atomic mass is 9.95. The van der Waals surface area contributed by atoms with Crippen molar-refractivity contribution >= 4 is 23.2 Å². The molecule has 1 atom stereocenters. The van der Waals surface area contributed by atoms with Gasteiger partial charge in [0.05, 0.1) is 6.04 Å². The van der Waals surface area contributed by atoms with Crippen LogP contribution in [0.25, 0.3) is 0 Å². The molecule has 3 heteroatoms. The van der Waals surface area contributed by atoms with Crippen molar-refractivity contribution in [3.05, 3.63) is 68.7 Å². The summed E-state index contributed by atoms with van der Waals surface area (Å²) in [5, 5.41) is 4.66. The SMILES string of the molecule is CNC(c1ccc(C)c(C)c1)c1c(Cl)cccc1Cl. The Bertz CT molecular complexity index is 573. The number of rotatable bonds is 3. The first kappa shape index (κ1) is 14.4. The second-order valence-electron chi connectivity index (χ2n) is 4.70. The first-order chi connectivity index (χ1) is 9.04. The van der Waals surface area contributed by atoms with Crippen molar-refractivity contribution in [3.63, 3.8) is 0 Å². The molecule has 1 unspecified atom stereocenters. The third-order valence-corrected chi connectivity index (χ3v) is 4.10. The van der Waals surface area contributed by atoms with Crippen LogP contribution in [0.2, 0.25) is 10.0 Å². The number of hydrogen-bond acceptors (Lipinski definition) is 1. The molecule has 0 spiro atoms. The molecule has 0 aliphatic heterocycles. The van der Waals surface area contributed by atoms with E-state index in [4.69, 9.17) is 23.2 Å². The normalized spacial score (nSPS) is 12.5. The van der Waals surface area contributed by atoms with Gasteiger partial charge in [-0.25, -0.2) is 0 Å². The number of halogens is 2. The van der Waals surface area contributed by atoms with Gasteiger partial charge in [-0.1, -0.05) is 47.5 Å². The van der Waals surface area contributed by atoms with Crippen molar-refractivity contribution in [1.82, 2.24) is 5.32 Å². The Kier molecular flexibility index (Phi) is 4.51. The highest BCUT2D eigenvalue weighted by Crippen LogP contribution is 2.34. The maximum absolute atomic E-state index is 6.30. The molecule has 0 bridgehead atoms.